The highest BCUT2D eigenvalue weighted by Crippen LogP contribution is 2.35. The van der Waals surface area contributed by atoms with Crippen molar-refractivity contribution in [2.75, 3.05) is 29.9 Å². The maximum absolute atomic E-state index is 13.7. The highest BCUT2D eigenvalue weighted by atomic mass is 19.1. The molecule has 7 rings (SSSR count). The Morgan fingerprint density at radius 2 is 2.00 bits per heavy atom. The number of piperidine rings is 1. The minimum Gasteiger partial charge on any atom is -0.370 e. The van der Waals surface area contributed by atoms with Crippen molar-refractivity contribution in [1.82, 2.24) is 25.0 Å². The minimum atomic E-state index is -0.333. The SMILES string of the molecule is O=C1NCc2c(-c3cnc4cc(F)ccn34)ccc(Nc3ccc(N4CCC[C@@H](CNC5CC5)C4)cn3)c21. The number of carbonyl (C=O) groups is 1. The summed E-state index contributed by atoms with van der Waals surface area (Å²) in [5.41, 5.74) is 5.57. The van der Waals surface area contributed by atoms with Crippen LogP contribution < -0.4 is 20.9 Å². The van der Waals surface area contributed by atoms with Crippen molar-refractivity contribution in [2.45, 2.75) is 38.3 Å². The van der Waals surface area contributed by atoms with Crippen molar-refractivity contribution >= 4 is 28.7 Å². The molecule has 0 spiro atoms. The zero-order valence-electron chi connectivity index (χ0n) is 21.1. The van der Waals surface area contributed by atoms with E-state index in [0.717, 1.165) is 48.2 Å². The van der Waals surface area contributed by atoms with Crippen LogP contribution in [-0.4, -0.2) is 46.0 Å². The van der Waals surface area contributed by atoms with Gasteiger partial charge in [0.2, 0.25) is 0 Å². The molecule has 2 aliphatic heterocycles. The normalized spacial score (nSPS) is 19.0. The third-order valence-electron chi connectivity index (χ3n) is 7.88. The van der Waals surface area contributed by atoms with Gasteiger partial charge in [-0.1, -0.05) is 6.07 Å². The summed E-state index contributed by atoms with van der Waals surface area (Å²) >= 11 is 0. The number of fused-ring (bicyclic) bond motifs is 2. The molecule has 3 aromatic heterocycles. The number of nitrogens with one attached hydrogen (secondary N) is 3. The maximum atomic E-state index is 13.7. The molecule has 3 aliphatic rings. The molecule has 1 amide bonds. The van der Waals surface area contributed by atoms with Crippen LogP contribution in [0, 0.1) is 11.7 Å². The van der Waals surface area contributed by atoms with Gasteiger partial charge in [0.25, 0.3) is 5.91 Å². The molecule has 1 aromatic carbocycles. The van der Waals surface area contributed by atoms with E-state index in [4.69, 9.17) is 0 Å². The van der Waals surface area contributed by atoms with Gasteiger partial charge in [0.15, 0.2) is 0 Å². The Bertz CT molecular complexity index is 1510. The summed E-state index contributed by atoms with van der Waals surface area (Å²) < 4.78 is 15.5. The molecule has 1 atom stereocenters. The number of carbonyl (C=O) groups excluding carboxylic acids is 1. The molecule has 1 saturated carbocycles. The van der Waals surface area contributed by atoms with Crippen LogP contribution in [0.3, 0.4) is 0 Å². The second-order valence-corrected chi connectivity index (χ2v) is 10.6. The lowest BCUT2D eigenvalue weighted by Gasteiger charge is -2.34. The molecule has 1 aliphatic carbocycles. The Balaban J connectivity index is 1.11. The lowest BCUT2D eigenvalue weighted by atomic mass is 9.97. The molecule has 3 N–H and O–H groups in total. The summed E-state index contributed by atoms with van der Waals surface area (Å²) in [6.07, 6.45) is 10.4. The molecule has 38 heavy (non-hydrogen) atoms. The standard InChI is InChI=1S/C29H30FN7O/c30-19-9-11-37-25(16-33-27(37)12-19)22-6-7-24(28-23(22)15-34-29(28)38)35-26-8-5-21(14-32-26)36-10-1-2-18(17-36)13-31-20-3-4-20/h5-9,11-12,14,16,18,20,31H,1-4,10,13,15,17H2,(H,32,35)(H,34,38)/t18-/m0/s1. The molecule has 194 valence electrons. The van der Waals surface area contributed by atoms with E-state index in [1.165, 1.54) is 37.8 Å². The van der Waals surface area contributed by atoms with E-state index in [0.29, 0.717) is 35.2 Å². The predicted molar refractivity (Wildman–Crippen MR) is 145 cm³/mol. The first-order valence-corrected chi connectivity index (χ1v) is 13.4. The van der Waals surface area contributed by atoms with E-state index in [2.05, 4.69) is 36.9 Å². The number of rotatable bonds is 7. The first kappa shape index (κ1) is 23.2. The molecule has 1 saturated heterocycles. The molecule has 8 nitrogen and oxygen atoms in total. The smallest absolute Gasteiger partial charge is 0.254 e. The van der Waals surface area contributed by atoms with Gasteiger partial charge in [0.1, 0.15) is 17.3 Å². The summed E-state index contributed by atoms with van der Waals surface area (Å²) in [6.45, 7) is 3.63. The average molecular weight is 512 g/mol. The van der Waals surface area contributed by atoms with Crippen molar-refractivity contribution in [2.24, 2.45) is 5.92 Å². The number of halogens is 1. The van der Waals surface area contributed by atoms with Gasteiger partial charge < -0.3 is 20.9 Å². The number of amides is 1. The number of pyridine rings is 2. The Labute approximate surface area is 220 Å². The van der Waals surface area contributed by atoms with Crippen LogP contribution in [-0.2, 0) is 6.54 Å². The van der Waals surface area contributed by atoms with Crippen LogP contribution in [0.2, 0.25) is 0 Å². The van der Waals surface area contributed by atoms with Gasteiger partial charge in [0, 0.05) is 43.5 Å². The molecule has 0 radical (unpaired) electrons. The molecule has 5 heterocycles. The molecule has 0 bridgehead atoms. The number of benzene rings is 1. The molecular weight excluding hydrogens is 481 g/mol. The molecule has 0 unspecified atom stereocenters. The van der Waals surface area contributed by atoms with Gasteiger partial charge in [-0.3, -0.25) is 9.20 Å². The van der Waals surface area contributed by atoms with Crippen LogP contribution in [0.4, 0.5) is 21.6 Å². The second-order valence-electron chi connectivity index (χ2n) is 10.6. The van der Waals surface area contributed by atoms with Crippen LogP contribution in [0.5, 0.6) is 0 Å². The van der Waals surface area contributed by atoms with E-state index in [1.54, 1.807) is 12.4 Å². The summed E-state index contributed by atoms with van der Waals surface area (Å²) in [4.78, 5) is 24.3. The van der Waals surface area contributed by atoms with Gasteiger partial charge >= 0.3 is 0 Å². The number of hydrogen-bond acceptors (Lipinski definition) is 6. The van der Waals surface area contributed by atoms with E-state index >= 15 is 0 Å². The number of hydrogen-bond donors (Lipinski definition) is 3. The van der Waals surface area contributed by atoms with Crippen LogP contribution in [0.25, 0.3) is 16.9 Å². The highest BCUT2D eigenvalue weighted by molar-refractivity contribution is 6.06. The Morgan fingerprint density at radius 1 is 1.08 bits per heavy atom. The number of anilines is 3. The van der Waals surface area contributed by atoms with Crippen molar-refractivity contribution < 1.29 is 9.18 Å². The fraction of sp³-hybridized carbons (Fsp3) is 0.345. The number of aromatic nitrogens is 3. The molecule has 9 heteroatoms. The van der Waals surface area contributed by atoms with Gasteiger partial charge in [-0.25, -0.2) is 14.4 Å². The maximum Gasteiger partial charge on any atom is 0.254 e. The highest BCUT2D eigenvalue weighted by Gasteiger charge is 2.28. The third-order valence-corrected chi connectivity index (χ3v) is 7.88. The summed E-state index contributed by atoms with van der Waals surface area (Å²) in [6, 6.07) is 11.5. The quantitative estimate of drug-likeness (QED) is 0.339. The van der Waals surface area contributed by atoms with Crippen molar-refractivity contribution in [3.63, 3.8) is 0 Å². The van der Waals surface area contributed by atoms with Gasteiger partial charge in [-0.05, 0) is 68.0 Å². The average Bonchev–Trinajstić information content (AvgIpc) is 3.56. The lowest BCUT2D eigenvalue weighted by molar-refractivity contribution is 0.0966. The zero-order chi connectivity index (χ0) is 25.6. The second kappa shape index (κ2) is 9.40. The van der Waals surface area contributed by atoms with Gasteiger partial charge in [0.05, 0.1) is 35.0 Å². The predicted octanol–water partition coefficient (Wildman–Crippen LogP) is 4.49. The Hall–Kier alpha value is -3.98. The molecule has 2 fully saturated rings. The largest absolute Gasteiger partial charge is 0.370 e. The zero-order valence-corrected chi connectivity index (χ0v) is 21.1. The monoisotopic (exact) mass is 511 g/mol. The van der Waals surface area contributed by atoms with E-state index < -0.39 is 0 Å². The number of nitrogens with zero attached hydrogens (tertiary/aromatic N) is 4. The summed E-state index contributed by atoms with van der Waals surface area (Å²) in [5, 5.41) is 9.98. The Morgan fingerprint density at radius 3 is 2.84 bits per heavy atom. The van der Waals surface area contributed by atoms with Gasteiger partial charge in [-0.2, -0.15) is 0 Å². The van der Waals surface area contributed by atoms with E-state index in [1.807, 2.05) is 28.8 Å². The fourth-order valence-corrected chi connectivity index (χ4v) is 5.72. The Kier molecular flexibility index (Phi) is 5.73. The first-order valence-electron chi connectivity index (χ1n) is 13.4. The molecule has 4 aromatic rings. The van der Waals surface area contributed by atoms with Crippen molar-refractivity contribution in [1.29, 1.82) is 0 Å². The van der Waals surface area contributed by atoms with Gasteiger partial charge in [-0.15, -0.1) is 0 Å². The van der Waals surface area contributed by atoms with Crippen molar-refractivity contribution in [3.8, 4) is 11.3 Å². The summed E-state index contributed by atoms with van der Waals surface area (Å²) in [7, 11) is 0. The summed E-state index contributed by atoms with van der Waals surface area (Å²) in [5.74, 6) is 0.909. The fourth-order valence-electron chi connectivity index (χ4n) is 5.72. The van der Waals surface area contributed by atoms with E-state index in [9.17, 15) is 9.18 Å². The topological polar surface area (TPSA) is 86.6 Å². The van der Waals surface area contributed by atoms with Crippen molar-refractivity contribution in [3.05, 3.63) is 71.9 Å². The van der Waals surface area contributed by atoms with Crippen LogP contribution in [0.15, 0.2) is 55.0 Å². The van der Waals surface area contributed by atoms with Crippen LogP contribution >= 0.6 is 0 Å². The minimum absolute atomic E-state index is 0.125. The van der Waals surface area contributed by atoms with Crippen LogP contribution in [0.1, 0.15) is 41.6 Å². The number of imidazole rings is 1. The first-order chi connectivity index (χ1) is 18.6. The molecular formula is C29H30FN7O. The van der Waals surface area contributed by atoms with E-state index in [-0.39, 0.29) is 11.7 Å². The lowest BCUT2D eigenvalue weighted by Crippen LogP contribution is -2.40. The third kappa shape index (κ3) is 4.36.